The van der Waals surface area contributed by atoms with Crippen LogP contribution in [0, 0.1) is 11.6 Å². The number of ether oxygens (including phenoxy) is 2. The van der Waals surface area contributed by atoms with E-state index in [1.807, 2.05) is 0 Å². The molecule has 8 heteroatoms. The second-order valence-corrected chi connectivity index (χ2v) is 4.35. The van der Waals surface area contributed by atoms with Crippen LogP contribution in [-0.4, -0.2) is 24.7 Å². The normalized spacial score (nSPS) is 10.8. The molecule has 2 aromatic rings. The minimum atomic E-state index is -1.28. The number of hydrogen-bond acceptors (Lipinski definition) is 5. The Morgan fingerprint density at radius 1 is 1.36 bits per heavy atom. The van der Waals surface area contributed by atoms with Crippen molar-refractivity contribution >= 4 is 16.9 Å². The first-order valence-electron chi connectivity index (χ1n) is 6.44. The molecule has 22 heavy (non-hydrogen) atoms. The average molecular weight is 312 g/mol. The van der Waals surface area contributed by atoms with Crippen molar-refractivity contribution in [2.45, 2.75) is 13.5 Å². The second kappa shape index (κ2) is 6.10. The van der Waals surface area contributed by atoms with Crippen molar-refractivity contribution in [3.05, 3.63) is 39.2 Å². The highest BCUT2D eigenvalue weighted by atomic mass is 19.2. The minimum absolute atomic E-state index is 0.0695. The summed E-state index contributed by atoms with van der Waals surface area (Å²) in [5.74, 6) is -3.86. The first-order chi connectivity index (χ1) is 10.5. The van der Waals surface area contributed by atoms with Gasteiger partial charge >= 0.3 is 5.97 Å². The summed E-state index contributed by atoms with van der Waals surface area (Å²) in [7, 11) is 1.14. The zero-order valence-electron chi connectivity index (χ0n) is 12.0. The lowest BCUT2D eigenvalue weighted by Crippen LogP contribution is -2.21. The van der Waals surface area contributed by atoms with E-state index in [4.69, 9.17) is 15.2 Å². The Kier molecular flexibility index (Phi) is 4.41. The third-order valence-corrected chi connectivity index (χ3v) is 3.17. The van der Waals surface area contributed by atoms with Gasteiger partial charge in [-0.05, 0) is 6.92 Å². The van der Waals surface area contributed by atoms with Crippen LogP contribution in [-0.2, 0) is 11.3 Å². The molecule has 1 aromatic carbocycles. The number of fused-ring (bicyclic) bond motifs is 1. The SMILES string of the molecule is CCOC(=O)c1c[nH]c2c(OC)c(F)c(F)c(CN)c2c1=O. The Morgan fingerprint density at radius 3 is 2.59 bits per heavy atom. The van der Waals surface area contributed by atoms with Gasteiger partial charge < -0.3 is 20.2 Å². The molecule has 0 radical (unpaired) electrons. The van der Waals surface area contributed by atoms with Crippen LogP contribution >= 0.6 is 0 Å². The molecule has 0 atom stereocenters. The third-order valence-electron chi connectivity index (χ3n) is 3.17. The first-order valence-corrected chi connectivity index (χ1v) is 6.44. The van der Waals surface area contributed by atoms with Gasteiger partial charge in [0.05, 0.1) is 24.6 Å². The van der Waals surface area contributed by atoms with Gasteiger partial charge in [0, 0.05) is 18.3 Å². The fourth-order valence-electron chi connectivity index (χ4n) is 2.19. The van der Waals surface area contributed by atoms with Gasteiger partial charge in [-0.15, -0.1) is 0 Å². The Hall–Kier alpha value is -2.48. The lowest BCUT2D eigenvalue weighted by Gasteiger charge is -2.12. The maximum absolute atomic E-state index is 14.0. The van der Waals surface area contributed by atoms with Gasteiger partial charge in [-0.1, -0.05) is 0 Å². The summed E-state index contributed by atoms with van der Waals surface area (Å²) in [6.45, 7) is 1.23. The molecule has 0 saturated heterocycles. The van der Waals surface area contributed by atoms with Crippen molar-refractivity contribution in [2.75, 3.05) is 13.7 Å². The van der Waals surface area contributed by atoms with Gasteiger partial charge in [-0.2, -0.15) is 4.39 Å². The van der Waals surface area contributed by atoms with Gasteiger partial charge in [-0.3, -0.25) is 4.79 Å². The van der Waals surface area contributed by atoms with Crippen LogP contribution in [0.25, 0.3) is 10.9 Å². The summed E-state index contributed by atoms with van der Waals surface area (Å²) in [6.07, 6.45) is 1.07. The smallest absolute Gasteiger partial charge is 0.343 e. The predicted octanol–water partition coefficient (Wildman–Crippen LogP) is 1.45. The van der Waals surface area contributed by atoms with Crippen LogP contribution in [0.4, 0.5) is 8.78 Å². The Labute approximate surface area is 123 Å². The molecule has 118 valence electrons. The predicted molar refractivity (Wildman–Crippen MR) is 74.9 cm³/mol. The highest BCUT2D eigenvalue weighted by Crippen LogP contribution is 2.31. The number of hydrogen-bond donors (Lipinski definition) is 2. The van der Waals surface area contributed by atoms with Gasteiger partial charge in [-0.25, -0.2) is 9.18 Å². The van der Waals surface area contributed by atoms with Crippen molar-refractivity contribution in [1.29, 1.82) is 0 Å². The van der Waals surface area contributed by atoms with E-state index in [-0.39, 0.29) is 28.6 Å². The van der Waals surface area contributed by atoms with Crippen molar-refractivity contribution < 1.29 is 23.0 Å². The summed E-state index contributed by atoms with van der Waals surface area (Å²) in [4.78, 5) is 26.8. The Balaban J connectivity index is 2.92. The van der Waals surface area contributed by atoms with Crippen molar-refractivity contribution in [1.82, 2.24) is 4.98 Å². The van der Waals surface area contributed by atoms with E-state index in [1.54, 1.807) is 6.92 Å². The molecule has 1 aromatic heterocycles. The number of carbonyl (C=O) groups excluding carboxylic acids is 1. The quantitative estimate of drug-likeness (QED) is 0.833. The molecule has 0 saturated carbocycles. The summed E-state index contributed by atoms with van der Waals surface area (Å²) < 4.78 is 37.5. The van der Waals surface area contributed by atoms with Gasteiger partial charge in [0.15, 0.2) is 11.6 Å². The zero-order valence-corrected chi connectivity index (χ0v) is 12.0. The van der Waals surface area contributed by atoms with Crippen LogP contribution in [0.3, 0.4) is 0 Å². The number of pyridine rings is 1. The van der Waals surface area contributed by atoms with Crippen molar-refractivity contribution in [2.24, 2.45) is 5.73 Å². The van der Waals surface area contributed by atoms with E-state index in [2.05, 4.69) is 4.98 Å². The number of aromatic amines is 1. The highest BCUT2D eigenvalue weighted by molar-refractivity contribution is 5.96. The molecule has 0 aliphatic heterocycles. The molecule has 0 unspecified atom stereocenters. The van der Waals surface area contributed by atoms with E-state index < -0.39 is 35.3 Å². The van der Waals surface area contributed by atoms with Crippen molar-refractivity contribution in [3.63, 3.8) is 0 Å². The third kappa shape index (κ3) is 2.31. The molecular weight excluding hydrogens is 298 g/mol. The summed E-state index contributed by atoms with van der Waals surface area (Å²) in [5.41, 5.74) is 3.89. The molecule has 0 aliphatic carbocycles. The van der Waals surface area contributed by atoms with Gasteiger partial charge in [0.2, 0.25) is 11.2 Å². The number of halogens is 2. The summed E-state index contributed by atoms with van der Waals surface area (Å²) in [6, 6.07) is 0. The molecule has 6 nitrogen and oxygen atoms in total. The van der Waals surface area contributed by atoms with Gasteiger partial charge in [0.25, 0.3) is 0 Å². The molecule has 0 amide bonds. The number of nitrogens with one attached hydrogen (secondary N) is 1. The summed E-state index contributed by atoms with van der Waals surface area (Å²) >= 11 is 0. The van der Waals surface area contributed by atoms with Crippen molar-refractivity contribution in [3.8, 4) is 5.75 Å². The fourth-order valence-corrected chi connectivity index (χ4v) is 2.19. The fraction of sp³-hybridized carbons (Fsp3) is 0.286. The van der Waals surface area contributed by atoms with Crippen LogP contribution in [0.1, 0.15) is 22.8 Å². The molecule has 1 heterocycles. The van der Waals surface area contributed by atoms with E-state index in [0.717, 1.165) is 13.3 Å². The van der Waals surface area contributed by atoms with E-state index >= 15 is 0 Å². The summed E-state index contributed by atoms with van der Waals surface area (Å²) in [5, 5.41) is -0.233. The second-order valence-electron chi connectivity index (χ2n) is 4.35. The number of esters is 1. The lowest BCUT2D eigenvalue weighted by atomic mass is 10.0. The monoisotopic (exact) mass is 312 g/mol. The molecule has 2 rings (SSSR count). The minimum Gasteiger partial charge on any atom is -0.491 e. The van der Waals surface area contributed by atoms with E-state index in [0.29, 0.717) is 0 Å². The van der Waals surface area contributed by atoms with Crippen LogP contribution in [0.5, 0.6) is 5.75 Å². The van der Waals surface area contributed by atoms with E-state index in [1.165, 1.54) is 0 Å². The molecule has 0 bridgehead atoms. The van der Waals surface area contributed by atoms with Gasteiger partial charge in [0.1, 0.15) is 5.56 Å². The molecule has 0 aliphatic rings. The molecule has 0 fully saturated rings. The number of benzene rings is 1. The zero-order chi connectivity index (χ0) is 16.4. The maximum atomic E-state index is 14.0. The average Bonchev–Trinajstić information content (AvgIpc) is 2.50. The molecule has 0 spiro atoms. The maximum Gasteiger partial charge on any atom is 0.343 e. The number of carbonyl (C=O) groups is 1. The van der Waals surface area contributed by atoms with E-state index in [9.17, 15) is 18.4 Å². The number of aromatic nitrogens is 1. The topological polar surface area (TPSA) is 94.4 Å². The largest absolute Gasteiger partial charge is 0.491 e. The Morgan fingerprint density at radius 2 is 2.05 bits per heavy atom. The number of rotatable bonds is 4. The number of methoxy groups -OCH3 is 1. The molecular formula is C14H14F2N2O4. The van der Waals surface area contributed by atoms with Crippen LogP contribution in [0.15, 0.2) is 11.0 Å². The van der Waals surface area contributed by atoms with Crippen LogP contribution in [0.2, 0.25) is 0 Å². The molecule has 3 N–H and O–H groups in total. The lowest BCUT2D eigenvalue weighted by molar-refractivity contribution is 0.0524. The first kappa shape index (κ1) is 15.9. The number of nitrogens with two attached hydrogens (primary N) is 1. The Bertz CT molecular complexity index is 802. The van der Waals surface area contributed by atoms with Crippen LogP contribution < -0.4 is 15.9 Å². The standard InChI is InChI=1S/C14H14F2N2O4/c1-3-22-14(20)7-5-18-11-8(12(7)19)6(4-17)9(15)10(16)13(11)21-2/h5H,3-4,17H2,1-2H3,(H,18,19). The number of H-pyrrole nitrogens is 1. The highest BCUT2D eigenvalue weighted by Gasteiger charge is 2.24.